The Morgan fingerprint density at radius 1 is 0.742 bits per heavy atom. The minimum atomic E-state index is -4.28. The molecule has 3 N–H and O–H groups in total. The second-order valence-corrected chi connectivity index (χ2v) is 10.5. The molecule has 0 fully saturated rings. The molecule has 0 aromatic rings. The molecule has 0 aromatic carbocycles. The summed E-state index contributed by atoms with van der Waals surface area (Å²) in [6.07, 6.45) is 17.9. The second kappa shape index (κ2) is 20.0. The lowest BCUT2D eigenvalue weighted by atomic mass is 10.0. The third-order valence-corrected chi connectivity index (χ3v) is 6.59. The van der Waals surface area contributed by atoms with Crippen molar-refractivity contribution in [3.63, 3.8) is 0 Å². The van der Waals surface area contributed by atoms with Crippen molar-refractivity contribution in [3.8, 4) is 0 Å². The van der Waals surface area contributed by atoms with Crippen LogP contribution < -0.4 is 5.32 Å². The molecule has 31 heavy (non-hydrogen) atoms. The van der Waals surface area contributed by atoms with E-state index in [2.05, 4.69) is 19.2 Å². The molecule has 0 bridgehead atoms. The summed E-state index contributed by atoms with van der Waals surface area (Å²) in [5.41, 5.74) is 0. The van der Waals surface area contributed by atoms with E-state index in [0.717, 1.165) is 38.5 Å². The second-order valence-electron chi connectivity index (χ2n) is 8.98. The van der Waals surface area contributed by atoms with Crippen LogP contribution in [0.5, 0.6) is 0 Å². The first-order valence-electron chi connectivity index (χ1n) is 12.7. The van der Waals surface area contributed by atoms with Crippen LogP contribution in [0.3, 0.4) is 0 Å². The summed E-state index contributed by atoms with van der Waals surface area (Å²) in [6.45, 7) is 4.38. The Kier molecular flexibility index (Phi) is 19.6. The summed E-state index contributed by atoms with van der Waals surface area (Å²) in [5.74, 6) is -0.901. The fourth-order valence-electron chi connectivity index (χ4n) is 3.86. The van der Waals surface area contributed by atoms with Gasteiger partial charge in [0.15, 0.2) is 0 Å². The molecule has 2 unspecified atom stereocenters. The van der Waals surface area contributed by atoms with Crippen molar-refractivity contribution >= 4 is 16.0 Å². The SMILES string of the molecule is CCCCCCCCCCCC(O)C(CS(=O)(=O)O)NC(=O)CCCCCCCCC. The number of carbonyl (C=O) groups is 1. The zero-order valence-electron chi connectivity index (χ0n) is 20.1. The van der Waals surface area contributed by atoms with E-state index in [1.54, 1.807) is 0 Å². The molecule has 0 aliphatic carbocycles. The first-order chi connectivity index (χ1) is 14.8. The standard InChI is InChI=1S/C24H49NO5S/c1-3-5-7-9-11-12-14-15-17-19-23(26)22(21-31(28,29)30)25-24(27)20-18-16-13-10-8-6-4-2/h22-23,26H,3-21H2,1-2H3,(H,25,27)(H,28,29,30). The van der Waals surface area contributed by atoms with E-state index < -0.39 is 28.0 Å². The highest BCUT2D eigenvalue weighted by Gasteiger charge is 2.25. The van der Waals surface area contributed by atoms with Gasteiger partial charge in [-0.1, -0.05) is 110 Å². The number of nitrogens with one attached hydrogen (secondary N) is 1. The topological polar surface area (TPSA) is 104 Å². The van der Waals surface area contributed by atoms with Gasteiger partial charge >= 0.3 is 0 Å². The summed E-state index contributed by atoms with van der Waals surface area (Å²) < 4.78 is 31.9. The van der Waals surface area contributed by atoms with E-state index in [1.165, 1.54) is 64.2 Å². The maximum atomic E-state index is 12.2. The monoisotopic (exact) mass is 463 g/mol. The number of carbonyl (C=O) groups excluding carboxylic acids is 1. The Bertz CT molecular complexity index is 524. The van der Waals surface area contributed by atoms with Gasteiger partial charge in [0.2, 0.25) is 5.91 Å². The van der Waals surface area contributed by atoms with Gasteiger partial charge in [0.05, 0.1) is 17.9 Å². The van der Waals surface area contributed by atoms with Crippen molar-refractivity contribution in [1.29, 1.82) is 0 Å². The minimum Gasteiger partial charge on any atom is -0.391 e. The van der Waals surface area contributed by atoms with E-state index in [1.807, 2.05) is 0 Å². The fraction of sp³-hybridized carbons (Fsp3) is 0.958. The molecule has 7 heteroatoms. The van der Waals surface area contributed by atoms with Crippen LogP contribution in [0.15, 0.2) is 0 Å². The van der Waals surface area contributed by atoms with Gasteiger partial charge in [0.1, 0.15) is 0 Å². The molecular weight excluding hydrogens is 414 g/mol. The summed E-state index contributed by atoms with van der Waals surface area (Å²) in [5, 5.41) is 13.1. The number of hydrogen-bond acceptors (Lipinski definition) is 4. The van der Waals surface area contributed by atoms with Gasteiger partial charge in [-0.3, -0.25) is 9.35 Å². The molecule has 0 radical (unpaired) electrons. The molecule has 0 saturated carbocycles. The molecule has 0 aliphatic rings. The average molecular weight is 464 g/mol. The molecule has 0 saturated heterocycles. The number of hydrogen-bond donors (Lipinski definition) is 3. The molecule has 1 amide bonds. The highest BCUT2D eigenvalue weighted by Crippen LogP contribution is 2.14. The normalized spacial score (nSPS) is 13.8. The lowest BCUT2D eigenvalue weighted by Gasteiger charge is -2.23. The Balaban J connectivity index is 4.14. The first kappa shape index (κ1) is 30.3. The average Bonchev–Trinajstić information content (AvgIpc) is 2.70. The highest BCUT2D eigenvalue weighted by molar-refractivity contribution is 7.85. The van der Waals surface area contributed by atoms with Crippen molar-refractivity contribution in [2.24, 2.45) is 0 Å². The minimum absolute atomic E-state index is 0.256. The van der Waals surface area contributed by atoms with Gasteiger partial charge in [0.25, 0.3) is 10.1 Å². The van der Waals surface area contributed by atoms with E-state index in [4.69, 9.17) is 0 Å². The van der Waals surface area contributed by atoms with Crippen molar-refractivity contribution in [2.45, 2.75) is 142 Å². The maximum Gasteiger partial charge on any atom is 0.266 e. The zero-order chi connectivity index (χ0) is 23.4. The van der Waals surface area contributed by atoms with Crippen molar-refractivity contribution < 1.29 is 22.9 Å². The molecule has 0 spiro atoms. The largest absolute Gasteiger partial charge is 0.391 e. The van der Waals surface area contributed by atoms with E-state index in [9.17, 15) is 22.9 Å². The van der Waals surface area contributed by atoms with Gasteiger partial charge in [-0.2, -0.15) is 8.42 Å². The van der Waals surface area contributed by atoms with Gasteiger partial charge in [-0.25, -0.2) is 0 Å². The molecule has 0 aromatic heterocycles. The summed E-state index contributed by atoms with van der Waals surface area (Å²) in [4.78, 5) is 12.2. The summed E-state index contributed by atoms with van der Waals surface area (Å²) in [7, 11) is -4.28. The number of amides is 1. The summed E-state index contributed by atoms with van der Waals surface area (Å²) >= 11 is 0. The van der Waals surface area contributed by atoms with Crippen molar-refractivity contribution in [1.82, 2.24) is 5.32 Å². The third-order valence-electron chi connectivity index (χ3n) is 5.81. The number of unbranched alkanes of at least 4 members (excludes halogenated alkanes) is 14. The number of rotatable bonds is 22. The van der Waals surface area contributed by atoms with Gasteiger partial charge < -0.3 is 10.4 Å². The summed E-state index contributed by atoms with van der Waals surface area (Å²) in [6, 6.07) is -0.957. The molecular formula is C24H49NO5S. The number of aliphatic hydroxyl groups excluding tert-OH is 1. The lowest BCUT2D eigenvalue weighted by molar-refractivity contribution is -0.122. The zero-order valence-corrected chi connectivity index (χ0v) is 20.9. The van der Waals surface area contributed by atoms with Crippen molar-refractivity contribution in [2.75, 3.05) is 5.75 Å². The van der Waals surface area contributed by atoms with Crippen LogP contribution in [0.1, 0.15) is 129 Å². The van der Waals surface area contributed by atoms with Gasteiger partial charge in [-0.15, -0.1) is 0 Å². The van der Waals surface area contributed by atoms with Crippen LogP contribution in [-0.2, 0) is 14.9 Å². The molecule has 0 heterocycles. The predicted molar refractivity (Wildman–Crippen MR) is 129 cm³/mol. The molecule has 0 aliphatic heterocycles. The molecule has 2 atom stereocenters. The quantitative estimate of drug-likeness (QED) is 0.139. The Morgan fingerprint density at radius 3 is 1.61 bits per heavy atom. The van der Waals surface area contributed by atoms with Crippen LogP contribution in [0.2, 0.25) is 0 Å². The van der Waals surface area contributed by atoms with Crippen LogP contribution in [-0.4, -0.2) is 41.9 Å². The van der Waals surface area contributed by atoms with E-state index in [0.29, 0.717) is 12.8 Å². The number of aliphatic hydroxyl groups is 1. The van der Waals surface area contributed by atoms with Gasteiger partial charge in [-0.05, 0) is 12.8 Å². The van der Waals surface area contributed by atoms with Crippen LogP contribution in [0.25, 0.3) is 0 Å². The molecule has 6 nitrogen and oxygen atoms in total. The molecule has 186 valence electrons. The van der Waals surface area contributed by atoms with E-state index >= 15 is 0 Å². The van der Waals surface area contributed by atoms with Crippen molar-refractivity contribution in [3.05, 3.63) is 0 Å². The maximum absolute atomic E-state index is 12.2. The smallest absolute Gasteiger partial charge is 0.266 e. The first-order valence-corrected chi connectivity index (χ1v) is 14.3. The van der Waals surface area contributed by atoms with Crippen LogP contribution >= 0.6 is 0 Å². The third kappa shape index (κ3) is 21.0. The Morgan fingerprint density at radius 2 is 1.16 bits per heavy atom. The van der Waals surface area contributed by atoms with E-state index in [-0.39, 0.29) is 5.91 Å². The van der Waals surface area contributed by atoms with Crippen LogP contribution in [0.4, 0.5) is 0 Å². The highest BCUT2D eigenvalue weighted by atomic mass is 32.2. The lowest BCUT2D eigenvalue weighted by Crippen LogP contribution is -2.47. The Hall–Kier alpha value is -0.660. The van der Waals surface area contributed by atoms with Gasteiger partial charge in [0, 0.05) is 6.42 Å². The molecule has 0 rings (SSSR count). The Labute approximate surface area is 191 Å². The van der Waals surface area contributed by atoms with Crippen LogP contribution in [0, 0.1) is 0 Å². The predicted octanol–water partition coefficient (Wildman–Crippen LogP) is 5.78. The fourth-order valence-corrected chi connectivity index (χ4v) is 4.62.